The molecule has 0 unspecified atom stereocenters. The molecule has 0 radical (unpaired) electrons. The number of halogens is 5. The molecule has 0 aliphatic heterocycles. The summed E-state index contributed by atoms with van der Waals surface area (Å²) in [5.41, 5.74) is 4.11. The summed E-state index contributed by atoms with van der Waals surface area (Å²) in [5, 5.41) is 6.32. The maximum Gasteiger partial charge on any atom is 0.408 e. The molecule has 1 aromatic heterocycles. The van der Waals surface area contributed by atoms with E-state index in [0.717, 1.165) is 0 Å². The van der Waals surface area contributed by atoms with Crippen LogP contribution in [0.25, 0.3) is 0 Å². The topological polar surface area (TPSA) is 56.7 Å². The van der Waals surface area contributed by atoms with Gasteiger partial charge in [0.2, 0.25) is 0 Å². The van der Waals surface area contributed by atoms with Crippen molar-refractivity contribution in [2.75, 3.05) is 6.54 Å². The van der Waals surface area contributed by atoms with Crippen LogP contribution in [0.3, 0.4) is 0 Å². The molecule has 0 saturated heterocycles. The molecule has 0 atom stereocenters. The first-order chi connectivity index (χ1) is 7.35. The van der Waals surface area contributed by atoms with Gasteiger partial charge in [-0.05, 0) is 6.54 Å². The lowest BCUT2D eigenvalue weighted by Crippen LogP contribution is -2.21. The number of rotatable bonds is 4. The van der Waals surface area contributed by atoms with Crippen molar-refractivity contribution in [3.8, 4) is 0 Å². The van der Waals surface area contributed by atoms with E-state index in [1.807, 2.05) is 0 Å². The highest BCUT2D eigenvalue weighted by molar-refractivity contribution is 5.12. The molecule has 92 valence electrons. The van der Waals surface area contributed by atoms with Crippen LogP contribution in [-0.2, 0) is 13.0 Å². The van der Waals surface area contributed by atoms with Gasteiger partial charge in [-0.2, -0.15) is 13.2 Å². The second-order valence-electron chi connectivity index (χ2n) is 3.03. The largest absolute Gasteiger partial charge is 0.408 e. The Labute approximate surface area is 87.2 Å². The lowest BCUT2D eigenvalue weighted by atomic mass is 10.2. The first-order valence-electron chi connectivity index (χ1n) is 4.32. The standard InChI is InChI=1S/C7H9F5N4/c8-6(9)5-4(1-2-13)14-15-16(5)3-7(10,11)12/h6H,1-3,13H2. The van der Waals surface area contributed by atoms with Crippen molar-refractivity contribution in [1.82, 2.24) is 15.0 Å². The van der Waals surface area contributed by atoms with Crippen LogP contribution < -0.4 is 5.73 Å². The van der Waals surface area contributed by atoms with Crippen LogP contribution in [0.15, 0.2) is 0 Å². The Kier molecular flexibility index (Phi) is 3.79. The Bertz CT molecular complexity index is 345. The maximum atomic E-state index is 12.5. The highest BCUT2D eigenvalue weighted by Crippen LogP contribution is 2.25. The van der Waals surface area contributed by atoms with Crippen molar-refractivity contribution in [2.45, 2.75) is 25.6 Å². The molecule has 1 rings (SSSR count). The molecule has 9 heteroatoms. The minimum absolute atomic E-state index is 0.0183. The first-order valence-corrected chi connectivity index (χ1v) is 4.32. The third kappa shape index (κ3) is 3.12. The summed E-state index contributed by atoms with van der Waals surface area (Å²) >= 11 is 0. The van der Waals surface area contributed by atoms with Gasteiger partial charge in [0.25, 0.3) is 6.43 Å². The van der Waals surface area contributed by atoms with E-state index in [-0.39, 0.29) is 23.3 Å². The fourth-order valence-electron chi connectivity index (χ4n) is 1.20. The smallest absolute Gasteiger partial charge is 0.330 e. The number of nitrogens with zero attached hydrogens (tertiary/aromatic N) is 3. The van der Waals surface area contributed by atoms with Crippen LogP contribution in [0.4, 0.5) is 22.0 Å². The zero-order valence-corrected chi connectivity index (χ0v) is 8.01. The van der Waals surface area contributed by atoms with Crippen molar-refractivity contribution in [2.24, 2.45) is 5.73 Å². The predicted octanol–water partition coefficient (Wildman–Crippen LogP) is 1.28. The lowest BCUT2D eigenvalue weighted by Gasteiger charge is -2.09. The monoisotopic (exact) mass is 244 g/mol. The number of aromatic nitrogens is 3. The molecule has 0 bridgehead atoms. The number of hydrogen-bond donors (Lipinski definition) is 1. The van der Waals surface area contributed by atoms with Crippen LogP contribution in [0.2, 0.25) is 0 Å². The summed E-state index contributed by atoms with van der Waals surface area (Å²) in [7, 11) is 0. The third-order valence-electron chi connectivity index (χ3n) is 1.76. The van der Waals surface area contributed by atoms with Crippen molar-refractivity contribution >= 4 is 0 Å². The average Bonchev–Trinajstić information content (AvgIpc) is 2.45. The van der Waals surface area contributed by atoms with Crippen molar-refractivity contribution in [3.63, 3.8) is 0 Å². The van der Waals surface area contributed by atoms with E-state index < -0.39 is 24.8 Å². The molecule has 4 nitrogen and oxygen atoms in total. The predicted molar refractivity (Wildman–Crippen MR) is 43.8 cm³/mol. The number of nitrogens with two attached hydrogens (primary N) is 1. The van der Waals surface area contributed by atoms with Gasteiger partial charge in [-0.25, -0.2) is 13.5 Å². The second kappa shape index (κ2) is 4.73. The molecule has 2 N–H and O–H groups in total. The van der Waals surface area contributed by atoms with E-state index in [2.05, 4.69) is 10.3 Å². The molecule has 1 aromatic rings. The Morgan fingerprint density at radius 3 is 2.38 bits per heavy atom. The van der Waals surface area contributed by atoms with Gasteiger partial charge in [0, 0.05) is 6.42 Å². The second-order valence-corrected chi connectivity index (χ2v) is 3.03. The normalized spacial score (nSPS) is 12.4. The van der Waals surface area contributed by atoms with Gasteiger partial charge in [0.1, 0.15) is 12.2 Å². The molecule has 16 heavy (non-hydrogen) atoms. The Balaban J connectivity index is 3.00. The van der Waals surface area contributed by atoms with Gasteiger partial charge >= 0.3 is 6.18 Å². The zero-order chi connectivity index (χ0) is 12.3. The Morgan fingerprint density at radius 2 is 1.94 bits per heavy atom. The van der Waals surface area contributed by atoms with Crippen LogP contribution in [-0.4, -0.2) is 27.7 Å². The van der Waals surface area contributed by atoms with Crippen LogP contribution in [0, 0.1) is 0 Å². The van der Waals surface area contributed by atoms with E-state index >= 15 is 0 Å². The Morgan fingerprint density at radius 1 is 1.31 bits per heavy atom. The zero-order valence-electron chi connectivity index (χ0n) is 8.01. The molecule has 0 spiro atoms. The van der Waals surface area contributed by atoms with E-state index in [1.165, 1.54) is 0 Å². The fraction of sp³-hybridized carbons (Fsp3) is 0.714. The minimum atomic E-state index is -4.61. The summed E-state index contributed by atoms with van der Waals surface area (Å²) in [6, 6.07) is 0. The summed E-state index contributed by atoms with van der Waals surface area (Å²) in [5.74, 6) is 0. The molecule has 0 fully saturated rings. The van der Waals surface area contributed by atoms with E-state index in [0.29, 0.717) is 0 Å². The van der Waals surface area contributed by atoms with Crippen molar-refractivity contribution in [3.05, 3.63) is 11.4 Å². The number of hydrogen-bond acceptors (Lipinski definition) is 3. The van der Waals surface area contributed by atoms with E-state index in [4.69, 9.17) is 5.73 Å². The number of alkyl halides is 5. The Hall–Kier alpha value is -1.25. The SMILES string of the molecule is NCCc1nnn(CC(F)(F)F)c1C(F)F. The van der Waals surface area contributed by atoms with Gasteiger partial charge in [0.05, 0.1) is 5.69 Å². The minimum Gasteiger partial charge on any atom is -0.330 e. The van der Waals surface area contributed by atoms with Gasteiger partial charge in [-0.3, -0.25) is 0 Å². The summed E-state index contributed by atoms with van der Waals surface area (Å²) in [6.07, 6.45) is -7.70. The molecule has 0 saturated carbocycles. The lowest BCUT2D eigenvalue weighted by molar-refractivity contribution is -0.144. The molecule has 0 aliphatic rings. The van der Waals surface area contributed by atoms with E-state index in [1.54, 1.807) is 0 Å². The van der Waals surface area contributed by atoms with Gasteiger partial charge in [-0.1, -0.05) is 5.21 Å². The fourth-order valence-corrected chi connectivity index (χ4v) is 1.20. The van der Waals surface area contributed by atoms with Gasteiger partial charge < -0.3 is 5.73 Å². The molecule has 0 aromatic carbocycles. The third-order valence-corrected chi connectivity index (χ3v) is 1.76. The molecule has 0 aliphatic carbocycles. The van der Waals surface area contributed by atoms with Crippen LogP contribution in [0.5, 0.6) is 0 Å². The highest BCUT2D eigenvalue weighted by Gasteiger charge is 2.32. The molecular weight excluding hydrogens is 235 g/mol. The van der Waals surface area contributed by atoms with Crippen LogP contribution in [0.1, 0.15) is 17.8 Å². The summed E-state index contributed by atoms with van der Waals surface area (Å²) in [6.45, 7) is -1.56. The molecular formula is C7H9F5N4. The molecule has 1 heterocycles. The van der Waals surface area contributed by atoms with Crippen molar-refractivity contribution in [1.29, 1.82) is 0 Å². The quantitative estimate of drug-likeness (QED) is 0.811. The highest BCUT2D eigenvalue weighted by atomic mass is 19.4. The average molecular weight is 244 g/mol. The first kappa shape index (κ1) is 12.8. The molecule has 0 amide bonds. The van der Waals surface area contributed by atoms with Crippen molar-refractivity contribution < 1.29 is 22.0 Å². The van der Waals surface area contributed by atoms with Crippen LogP contribution >= 0.6 is 0 Å². The van der Waals surface area contributed by atoms with Gasteiger partial charge in [-0.15, -0.1) is 5.10 Å². The summed E-state index contributed by atoms with van der Waals surface area (Å²) in [4.78, 5) is 0. The maximum absolute atomic E-state index is 12.5. The van der Waals surface area contributed by atoms with E-state index in [9.17, 15) is 22.0 Å². The summed E-state index contributed by atoms with van der Waals surface area (Å²) < 4.78 is 61.2. The van der Waals surface area contributed by atoms with Gasteiger partial charge in [0.15, 0.2) is 0 Å².